The number of carbonyl (C=O) groups is 1. The van der Waals surface area contributed by atoms with Crippen LogP contribution in [0.5, 0.6) is 0 Å². The van der Waals surface area contributed by atoms with Gasteiger partial charge in [-0.3, -0.25) is 0 Å². The molecule has 2 atom stereocenters. The maximum absolute atomic E-state index is 13.7. The highest BCUT2D eigenvalue weighted by Crippen LogP contribution is 2.37. The summed E-state index contributed by atoms with van der Waals surface area (Å²) in [5, 5.41) is 7.89. The number of hydrogen-bond acceptors (Lipinski definition) is 7. The van der Waals surface area contributed by atoms with Gasteiger partial charge in [0, 0.05) is 43.7 Å². The number of nitrogens with one attached hydrogen (secondary N) is 1. The molecule has 2 bridgehead atoms. The average Bonchev–Trinajstić information content (AvgIpc) is 3.47. The first-order valence-electron chi connectivity index (χ1n) is 12.7. The first-order valence-corrected chi connectivity index (χ1v) is 12.7. The molecular formula is C25H35F2N7O2. The molecule has 2 saturated heterocycles. The van der Waals surface area contributed by atoms with Gasteiger partial charge in [-0.15, -0.1) is 0 Å². The molecule has 2 aromatic heterocycles. The largest absolute Gasteiger partial charge is 0.444 e. The first-order chi connectivity index (χ1) is 16.9. The van der Waals surface area contributed by atoms with Crippen LogP contribution in [-0.4, -0.2) is 73.5 Å². The zero-order valence-electron chi connectivity index (χ0n) is 21.6. The van der Waals surface area contributed by atoms with E-state index in [-0.39, 0.29) is 37.1 Å². The number of rotatable bonds is 4. The highest BCUT2D eigenvalue weighted by molar-refractivity contribution is 5.70. The summed E-state index contributed by atoms with van der Waals surface area (Å²) in [4.78, 5) is 26.2. The van der Waals surface area contributed by atoms with Crippen LogP contribution in [0.3, 0.4) is 0 Å². The molecule has 1 saturated carbocycles. The number of aromatic nitrogens is 4. The van der Waals surface area contributed by atoms with Gasteiger partial charge < -0.3 is 19.9 Å². The van der Waals surface area contributed by atoms with Crippen molar-refractivity contribution in [2.45, 2.75) is 96.4 Å². The van der Waals surface area contributed by atoms with Gasteiger partial charge in [0.1, 0.15) is 11.4 Å². The quantitative estimate of drug-likeness (QED) is 0.659. The SMILES string of the molecule is Cc1cc(C)n(-c2cc(N3C[C@H]4CC3CN4C(=O)OC(C)(C)C)nc(NC3CCC(F)(F)CC3)n2)n1. The molecule has 11 heteroatoms. The van der Waals surface area contributed by atoms with Crippen molar-refractivity contribution in [3.63, 3.8) is 0 Å². The van der Waals surface area contributed by atoms with E-state index in [1.807, 2.05) is 51.7 Å². The summed E-state index contributed by atoms with van der Waals surface area (Å²) in [5.74, 6) is -0.810. The van der Waals surface area contributed by atoms with Gasteiger partial charge in [0.15, 0.2) is 5.82 Å². The summed E-state index contributed by atoms with van der Waals surface area (Å²) in [7, 11) is 0. The first kappa shape index (κ1) is 24.7. The molecule has 36 heavy (non-hydrogen) atoms. The lowest BCUT2D eigenvalue weighted by atomic mass is 9.92. The molecule has 196 valence electrons. The van der Waals surface area contributed by atoms with Crippen LogP contribution in [0.1, 0.15) is 64.3 Å². The molecule has 1 aliphatic carbocycles. The van der Waals surface area contributed by atoms with Crippen molar-refractivity contribution in [2.75, 3.05) is 23.3 Å². The van der Waals surface area contributed by atoms with E-state index in [1.54, 1.807) is 4.68 Å². The van der Waals surface area contributed by atoms with Gasteiger partial charge in [-0.2, -0.15) is 15.1 Å². The van der Waals surface area contributed by atoms with Crippen molar-refractivity contribution in [1.82, 2.24) is 24.6 Å². The van der Waals surface area contributed by atoms with Gasteiger partial charge in [0.25, 0.3) is 0 Å². The standard InChI is InChI=1S/C25H35F2N7O2/c1-15-10-16(2)34(31-15)21-12-20(29-22(30-21)28-17-6-8-25(26,27)9-7-17)32-13-19-11-18(32)14-33(19)23(35)36-24(3,4)5/h10,12,17-19H,6-9,11,13-14H2,1-5H3,(H,28,29,30)/t18?,19-/m1/s1. The molecule has 4 heterocycles. The summed E-state index contributed by atoms with van der Waals surface area (Å²) < 4.78 is 34.7. The third kappa shape index (κ3) is 5.10. The number of anilines is 2. The number of carbonyl (C=O) groups excluding carboxylic acids is 1. The fourth-order valence-corrected chi connectivity index (χ4v) is 5.46. The van der Waals surface area contributed by atoms with Crippen molar-refractivity contribution >= 4 is 17.9 Å². The normalized spacial score (nSPS) is 23.9. The molecule has 3 aliphatic rings. The van der Waals surface area contributed by atoms with Gasteiger partial charge in [-0.1, -0.05) is 0 Å². The second-order valence-electron chi connectivity index (χ2n) is 11.3. The van der Waals surface area contributed by atoms with E-state index in [9.17, 15) is 13.6 Å². The van der Waals surface area contributed by atoms with E-state index in [1.165, 1.54) is 0 Å². The van der Waals surface area contributed by atoms with Crippen LogP contribution in [0.25, 0.3) is 5.82 Å². The smallest absolute Gasteiger partial charge is 0.410 e. The predicted molar refractivity (Wildman–Crippen MR) is 132 cm³/mol. The van der Waals surface area contributed by atoms with E-state index in [4.69, 9.17) is 14.7 Å². The molecule has 9 nitrogen and oxygen atoms in total. The van der Waals surface area contributed by atoms with Crippen LogP contribution >= 0.6 is 0 Å². The molecule has 3 fully saturated rings. The Morgan fingerprint density at radius 1 is 1.08 bits per heavy atom. The summed E-state index contributed by atoms with van der Waals surface area (Å²) >= 11 is 0. The van der Waals surface area contributed by atoms with E-state index < -0.39 is 11.5 Å². The average molecular weight is 504 g/mol. The molecule has 0 spiro atoms. The van der Waals surface area contributed by atoms with Gasteiger partial charge in [-0.25, -0.2) is 18.3 Å². The number of halogens is 2. The summed E-state index contributed by atoms with van der Waals surface area (Å²) in [5.41, 5.74) is 1.29. The number of ether oxygens (including phenoxy) is 1. The number of fused-ring (bicyclic) bond motifs is 2. The predicted octanol–water partition coefficient (Wildman–Crippen LogP) is 4.47. The topological polar surface area (TPSA) is 88.4 Å². The second-order valence-corrected chi connectivity index (χ2v) is 11.3. The Morgan fingerprint density at radius 3 is 2.36 bits per heavy atom. The third-order valence-electron chi connectivity index (χ3n) is 7.14. The maximum Gasteiger partial charge on any atom is 0.410 e. The Balaban J connectivity index is 1.39. The minimum Gasteiger partial charge on any atom is -0.444 e. The minimum atomic E-state index is -2.59. The number of hydrogen-bond donors (Lipinski definition) is 1. The summed E-state index contributed by atoms with van der Waals surface area (Å²) in [6, 6.07) is 3.96. The molecule has 1 amide bonds. The van der Waals surface area contributed by atoms with Gasteiger partial charge in [0.05, 0.1) is 17.8 Å². The van der Waals surface area contributed by atoms with Crippen molar-refractivity contribution in [2.24, 2.45) is 0 Å². The molecular weight excluding hydrogens is 468 g/mol. The maximum atomic E-state index is 13.7. The van der Waals surface area contributed by atoms with Crippen molar-refractivity contribution in [3.8, 4) is 5.82 Å². The van der Waals surface area contributed by atoms with Crippen LogP contribution in [0.2, 0.25) is 0 Å². The Bertz CT molecular complexity index is 1140. The number of piperazine rings is 1. The van der Waals surface area contributed by atoms with Gasteiger partial charge in [0.2, 0.25) is 11.9 Å². The molecule has 0 aromatic carbocycles. The molecule has 1 N–H and O–H groups in total. The molecule has 1 unspecified atom stereocenters. The van der Waals surface area contributed by atoms with Crippen molar-refractivity contribution in [1.29, 1.82) is 0 Å². The van der Waals surface area contributed by atoms with Gasteiger partial charge in [-0.05, 0) is 59.9 Å². The van der Waals surface area contributed by atoms with Crippen LogP contribution in [0.15, 0.2) is 12.1 Å². The van der Waals surface area contributed by atoms with Crippen molar-refractivity contribution < 1.29 is 18.3 Å². The fourth-order valence-electron chi connectivity index (χ4n) is 5.46. The number of amides is 1. The van der Waals surface area contributed by atoms with E-state index in [0.29, 0.717) is 37.7 Å². The number of aryl methyl sites for hydroxylation is 2. The monoisotopic (exact) mass is 503 g/mol. The third-order valence-corrected chi connectivity index (χ3v) is 7.14. The van der Waals surface area contributed by atoms with E-state index in [0.717, 1.165) is 23.6 Å². The fraction of sp³-hybridized carbons (Fsp3) is 0.680. The Labute approximate surface area is 210 Å². The van der Waals surface area contributed by atoms with E-state index >= 15 is 0 Å². The minimum absolute atomic E-state index is 0.0499. The Kier molecular flexibility index (Phi) is 6.07. The second kappa shape index (κ2) is 8.85. The Hall–Kier alpha value is -2.98. The number of nitrogens with zero attached hydrogens (tertiary/aromatic N) is 6. The van der Waals surface area contributed by atoms with Gasteiger partial charge >= 0.3 is 6.09 Å². The highest BCUT2D eigenvalue weighted by Gasteiger charge is 2.47. The summed E-state index contributed by atoms with van der Waals surface area (Å²) in [6.07, 6.45) is 1.04. The Morgan fingerprint density at radius 2 is 1.78 bits per heavy atom. The highest BCUT2D eigenvalue weighted by atomic mass is 19.3. The lowest BCUT2D eigenvalue weighted by Gasteiger charge is -2.36. The van der Waals surface area contributed by atoms with E-state index in [2.05, 4.69) is 15.3 Å². The zero-order chi connectivity index (χ0) is 25.8. The zero-order valence-corrected chi connectivity index (χ0v) is 21.6. The number of likely N-dealkylation sites (tertiary alicyclic amines) is 1. The molecule has 2 aromatic rings. The van der Waals surface area contributed by atoms with Crippen LogP contribution in [-0.2, 0) is 4.74 Å². The lowest BCUT2D eigenvalue weighted by molar-refractivity contribution is -0.0361. The van der Waals surface area contributed by atoms with Crippen LogP contribution in [0, 0.1) is 13.8 Å². The number of alkyl halides is 2. The van der Waals surface area contributed by atoms with Crippen molar-refractivity contribution in [3.05, 3.63) is 23.5 Å². The van der Waals surface area contributed by atoms with Crippen LogP contribution in [0.4, 0.5) is 25.3 Å². The molecule has 2 aliphatic heterocycles. The molecule has 5 rings (SSSR count). The van der Waals surface area contributed by atoms with Crippen LogP contribution < -0.4 is 10.2 Å². The lowest BCUT2D eigenvalue weighted by Crippen LogP contribution is -2.50. The molecule has 0 radical (unpaired) electrons. The summed E-state index contributed by atoms with van der Waals surface area (Å²) in [6.45, 7) is 10.7.